The van der Waals surface area contributed by atoms with Crippen LogP contribution >= 0.6 is 35.0 Å². The van der Waals surface area contributed by atoms with Crippen LogP contribution in [0.1, 0.15) is 63.1 Å². The Labute approximate surface area is 264 Å². The molecule has 1 saturated carbocycles. The van der Waals surface area contributed by atoms with Crippen molar-refractivity contribution >= 4 is 40.9 Å². The van der Waals surface area contributed by atoms with Gasteiger partial charge in [0.05, 0.1) is 34.7 Å². The molecule has 2 aliphatic heterocycles. The van der Waals surface area contributed by atoms with Gasteiger partial charge in [-0.2, -0.15) is 0 Å². The summed E-state index contributed by atoms with van der Waals surface area (Å²) >= 11 is 14.0. The first-order chi connectivity index (χ1) is 20.6. The minimum Gasteiger partial charge on any atom is -0.492 e. The predicted octanol–water partition coefficient (Wildman–Crippen LogP) is 6.88. The molecular formula is C31H33Cl2N3O6S. The second kappa shape index (κ2) is 12.8. The maximum absolute atomic E-state index is 12.5. The van der Waals surface area contributed by atoms with Gasteiger partial charge in [0.25, 0.3) is 0 Å². The highest BCUT2D eigenvalue weighted by Crippen LogP contribution is 2.46. The van der Waals surface area contributed by atoms with Crippen molar-refractivity contribution in [3.63, 3.8) is 0 Å². The van der Waals surface area contributed by atoms with E-state index in [0.29, 0.717) is 22.6 Å². The molecule has 0 N–H and O–H groups in total. The van der Waals surface area contributed by atoms with Crippen LogP contribution in [0.4, 0.5) is 0 Å². The number of halogens is 2. The number of esters is 1. The summed E-state index contributed by atoms with van der Waals surface area (Å²) in [6.07, 6.45) is 4.57. The van der Waals surface area contributed by atoms with Crippen molar-refractivity contribution in [2.24, 2.45) is 0 Å². The highest BCUT2D eigenvalue weighted by Gasteiger charge is 2.53. The van der Waals surface area contributed by atoms with Gasteiger partial charge in [-0.1, -0.05) is 70.5 Å². The van der Waals surface area contributed by atoms with Crippen molar-refractivity contribution in [2.75, 3.05) is 6.61 Å². The second-order valence-electron chi connectivity index (χ2n) is 11.7. The van der Waals surface area contributed by atoms with Crippen molar-refractivity contribution in [1.29, 1.82) is 0 Å². The van der Waals surface area contributed by atoms with Crippen LogP contribution < -0.4 is 0 Å². The Morgan fingerprint density at radius 2 is 1.88 bits per heavy atom. The summed E-state index contributed by atoms with van der Waals surface area (Å²) in [4.78, 5) is 13.3. The van der Waals surface area contributed by atoms with E-state index in [4.69, 9.17) is 46.9 Å². The van der Waals surface area contributed by atoms with Crippen molar-refractivity contribution in [3.05, 3.63) is 88.4 Å². The Bertz CT molecular complexity index is 1460. The Kier molecular flexibility index (Phi) is 9.05. The fraction of sp³-hybridized carbons (Fsp3) is 0.452. The summed E-state index contributed by atoms with van der Waals surface area (Å²) in [5, 5.41) is 9.91. The van der Waals surface area contributed by atoms with E-state index in [9.17, 15) is 4.79 Å². The zero-order valence-corrected chi connectivity index (χ0v) is 26.3. The smallest absolute Gasteiger partial charge is 0.334 e. The molecule has 9 nitrogen and oxygen atoms in total. The molecule has 43 heavy (non-hydrogen) atoms. The molecule has 228 valence electrons. The van der Waals surface area contributed by atoms with Gasteiger partial charge in [-0.25, -0.2) is 9.48 Å². The SMILES string of the molecule is CC(C)(C)OC(=O)/C=C/O[C@@H]1[C@@H](n2cc(C3CC3)nn2)[C@H]2OC(c3ccccc3)OC[C@H]2O[C@@H]1Sc1ccc(Cl)c(Cl)c1. The molecule has 1 unspecified atom stereocenters. The first kappa shape index (κ1) is 30.4. The lowest BCUT2D eigenvalue weighted by molar-refractivity contribution is -0.307. The zero-order chi connectivity index (χ0) is 30.1. The van der Waals surface area contributed by atoms with Crippen molar-refractivity contribution < 1.29 is 28.5 Å². The van der Waals surface area contributed by atoms with Crippen molar-refractivity contribution in [3.8, 4) is 0 Å². The van der Waals surface area contributed by atoms with Gasteiger partial charge in [0, 0.05) is 22.6 Å². The van der Waals surface area contributed by atoms with Gasteiger partial charge in [0.15, 0.2) is 12.4 Å². The van der Waals surface area contributed by atoms with Gasteiger partial charge in [0.1, 0.15) is 29.3 Å². The molecule has 12 heteroatoms. The zero-order valence-electron chi connectivity index (χ0n) is 24.0. The largest absolute Gasteiger partial charge is 0.492 e. The Balaban J connectivity index is 1.35. The fourth-order valence-corrected chi connectivity index (χ4v) is 6.62. The first-order valence-corrected chi connectivity index (χ1v) is 15.8. The molecule has 6 atom stereocenters. The Morgan fingerprint density at radius 1 is 1.09 bits per heavy atom. The van der Waals surface area contributed by atoms with Gasteiger partial charge in [-0.3, -0.25) is 0 Å². The third-order valence-corrected chi connectivity index (χ3v) is 9.08. The van der Waals surface area contributed by atoms with E-state index in [-0.39, 0.29) is 0 Å². The van der Waals surface area contributed by atoms with E-state index in [1.54, 1.807) is 12.1 Å². The average Bonchev–Trinajstić information content (AvgIpc) is 3.71. The summed E-state index contributed by atoms with van der Waals surface area (Å²) in [5.74, 6) is -0.111. The Morgan fingerprint density at radius 3 is 2.60 bits per heavy atom. The predicted molar refractivity (Wildman–Crippen MR) is 162 cm³/mol. The summed E-state index contributed by atoms with van der Waals surface area (Å²) in [6.45, 7) is 5.72. The summed E-state index contributed by atoms with van der Waals surface area (Å²) in [7, 11) is 0. The van der Waals surface area contributed by atoms with E-state index in [2.05, 4.69) is 10.3 Å². The normalized spacial score (nSPS) is 27.6. The highest BCUT2D eigenvalue weighted by atomic mass is 35.5. The van der Waals surface area contributed by atoms with E-state index in [1.165, 1.54) is 24.1 Å². The number of carbonyl (C=O) groups is 1. The molecule has 3 aliphatic rings. The first-order valence-electron chi connectivity index (χ1n) is 14.2. The van der Waals surface area contributed by atoms with Crippen molar-refractivity contribution in [1.82, 2.24) is 15.0 Å². The minimum atomic E-state index is -0.664. The van der Waals surface area contributed by atoms with Crippen LogP contribution in [0.3, 0.4) is 0 Å². The molecule has 0 bridgehead atoms. The second-order valence-corrected chi connectivity index (χ2v) is 13.7. The maximum Gasteiger partial charge on any atom is 0.334 e. The molecule has 3 fully saturated rings. The lowest BCUT2D eigenvalue weighted by Gasteiger charge is -2.48. The Hall–Kier alpha value is -2.60. The average molecular weight is 647 g/mol. The van der Waals surface area contributed by atoms with Gasteiger partial charge in [-0.05, 0) is 51.8 Å². The standard InChI is InChI=1S/C31H33Cl2N3O6S/c1-31(2,3)42-25(37)13-14-38-28-26(36-16-23(34-35-36)18-9-10-18)27-24(17-39-29(41-27)19-7-5-4-6-8-19)40-30(28)43-20-11-12-21(32)22(33)15-20/h4-8,11-16,18,24,26-30H,9-10,17H2,1-3H3/b14-13+/t24-,26+,27+,28-,29?,30-/m1/s1. The van der Waals surface area contributed by atoms with Crippen molar-refractivity contribution in [2.45, 2.75) is 86.1 Å². The molecule has 6 rings (SSSR count). The molecule has 1 aliphatic carbocycles. The quantitative estimate of drug-likeness (QED) is 0.148. The minimum absolute atomic E-state index is 0.295. The lowest BCUT2D eigenvalue weighted by Crippen LogP contribution is -2.59. The van der Waals surface area contributed by atoms with Crippen LogP contribution in [-0.2, 0) is 28.5 Å². The molecule has 2 saturated heterocycles. The lowest BCUT2D eigenvalue weighted by atomic mass is 9.95. The topological polar surface area (TPSA) is 93.9 Å². The number of nitrogens with zero attached hydrogens (tertiary/aromatic N) is 3. The number of aromatic nitrogens is 3. The van der Waals surface area contributed by atoms with E-state index < -0.39 is 47.7 Å². The third-order valence-electron chi connectivity index (χ3n) is 7.20. The monoisotopic (exact) mass is 645 g/mol. The van der Waals surface area contributed by atoms with Crippen LogP contribution in [0.15, 0.2) is 72.0 Å². The molecule has 0 amide bonds. The number of thioether (sulfide) groups is 1. The molecule has 1 aromatic heterocycles. The number of hydrogen-bond donors (Lipinski definition) is 0. The summed E-state index contributed by atoms with van der Waals surface area (Å²) in [5.41, 5.74) is 0.624. The van der Waals surface area contributed by atoms with E-state index >= 15 is 0 Å². The van der Waals surface area contributed by atoms with E-state index in [0.717, 1.165) is 29.0 Å². The van der Waals surface area contributed by atoms with Gasteiger partial charge < -0.3 is 23.7 Å². The molecule has 0 spiro atoms. The summed E-state index contributed by atoms with van der Waals surface area (Å²) < 4.78 is 33.0. The number of hydrogen-bond acceptors (Lipinski definition) is 9. The number of rotatable bonds is 8. The van der Waals surface area contributed by atoms with Crippen LogP contribution in [0.5, 0.6) is 0 Å². The van der Waals surface area contributed by atoms with E-state index in [1.807, 2.05) is 68.0 Å². The molecular weight excluding hydrogens is 613 g/mol. The summed E-state index contributed by atoms with van der Waals surface area (Å²) in [6, 6.07) is 14.7. The fourth-order valence-electron chi connectivity index (χ4n) is 5.09. The van der Waals surface area contributed by atoms with Crippen LogP contribution in [0.25, 0.3) is 0 Å². The number of carbonyl (C=O) groups excluding carboxylic acids is 1. The van der Waals surface area contributed by atoms with Gasteiger partial charge >= 0.3 is 5.97 Å². The van der Waals surface area contributed by atoms with Crippen LogP contribution in [0.2, 0.25) is 10.0 Å². The number of ether oxygens (including phenoxy) is 5. The number of fused-ring (bicyclic) bond motifs is 1. The maximum atomic E-state index is 12.5. The van der Waals surface area contributed by atoms with Gasteiger partial charge in [0.2, 0.25) is 0 Å². The molecule has 3 aromatic rings. The number of benzene rings is 2. The van der Waals surface area contributed by atoms with Crippen LogP contribution in [-0.4, -0.2) is 56.9 Å². The highest BCUT2D eigenvalue weighted by molar-refractivity contribution is 7.99. The molecule has 2 aromatic carbocycles. The third kappa shape index (κ3) is 7.38. The van der Waals surface area contributed by atoms with Gasteiger partial charge in [-0.15, -0.1) is 5.10 Å². The van der Waals surface area contributed by atoms with Crippen LogP contribution in [0, 0.1) is 0 Å². The molecule has 0 radical (unpaired) electrons. The molecule has 3 heterocycles.